The van der Waals surface area contributed by atoms with Crippen LogP contribution in [0.25, 0.3) is 5.65 Å². The highest BCUT2D eigenvalue weighted by atomic mass is 16.5. The van der Waals surface area contributed by atoms with Gasteiger partial charge in [0.1, 0.15) is 5.82 Å². The van der Waals surface area contributed by atoms with Gasteiger partial charge in [-0.25, -0.2) is 9.97 Å². The third-order valence-corrected chi connectivity index (χ3v) is 2.64. The quantitative estimate of drug-likeness (QED) is 0.814. The Hall–Kier alpha value is -1.82. The second kappa shape index (κ2) is 5.68. The highest BCUT2D eigenvalue weighted by Gasteiger charge is 2.08. The lowest BCUT2D eigenvalue weighted by atomic mass is 10.4. The number of anilines is 2. The molecule has 0 spiro atoms. The van der Waals surface area contributed by atoms with Gasteiger partial charge in [0.15, 0.2) is 11.5 Å². The third kappa shape index (κ3) is 2.70. The van der Waals surface area contributed by atoms with E-state index in [9.17, 15) is 0 Å². The molecule has 2 aromatic heterocycles. The fourth-order valence-corrected chi connectivity index (χ4v) is 1.75. The number of rotatable bonds is 6. The molecule has 6 heteroatoms. The Morgan fingerprint density at radius 1 is 1.50 bits per heavy atom. The maximum absolute atomic E-state index is 5.48. The third-order valence-electron chi connectivity index (χ3n) is 2.64. The number of aromatic nitrogens is 3. The van der Waals surface area contributed by atoms with E-state index in [1.54, 1.807) is 6.20 Å². The van der Waals surface area contributed by atoms with Gasteiger partial charge >= 0.3 is 0 Å². The minimum absolute atomic E-state index is 0.144. The summed E-state index contributed by atoms with van der Waals surface area (Å²) in [5, 5.41) is 6.30. The zero-order valence-electron chi connectivity index (χ0n) is 11.0. The fourth-order valence-electron chi connectivity index (χ4n) is 1.75. The van der Waals surface area contributed by atoms with Crippen LogP contribution in [0, 0.1) is 0 Å². The van der Waals surface area contributed by atoms with E-state index in [4.69, 9.17) is 4.74 Å². The Labute approximate surface area is 106 Å². The molecule has 0 amide bonds. The van der Waals surface area contributed by atoms with Crippen molar-refractivity contribution in [3.63, 3.8) is 0 Å². The second-order valence-corrected chi connectivity index (χ2v) is 4.03. The average molecular weight is 249 g/mol. The van der Waals surface area contributed by atoms with E-state index in [1.807, 2.05) is 37.7 Å². The van der Waals surface area contributed by atoms with Gasteiger partial charge < -0.3 is 19.8 Å². The summed E-state index contributed by atoms with van der Waals surface area (Å²) < 4.78 is 7.42. The second-order valence-electron chi connectivity index (χ2n) is 4.03. The molecule has 0 aliphatic heterocycles. The van der Waals surface area contributed by atoms with E-state index in [0.717, 1.165) is 17.3 Å². The molecule has 1 atom stereocenters. The number of hydrogen-bond donors (Lipinski definition) is 2. The lowest BCUT2D eigenvalue weighted by Gasteiger charge is -2.14. The smallest absolute Gasteiger partial charge is 0.180 e. The predicted molar refractivity (Wildman–Crippen MR) is 72.1 cm³/mol. The van der Waals surface area contributed by atoms with Crippen LogP contribution in [0.15, 0.2) is 18.6 Å². The van der Waals surface area contributed by atoms with Crippen LogP contribution in [0.1, 0.15) is 13.8 Å². The Morgan fingerprint density at radius 3 is 3.06 bits per heavy atom. The predicted octanol–water partition coefficient (Wildman–Crippen LogP) is 1.61. The first-order valence-corrected chi connectivity index (χ1v) is 6.11. The summed E-state index contributed by atoms with van der Waals surface area (Å²) in [5.74, 6) is 1.56. The Balaban J connectivity index is 2.18. The molecule has 2 rings (SSSR count). The maximum Gasteiger partial charge on any atom is 0.180 e. The standard InChI is InChI=1S/C12H19N5O/c1-4-18-9(2)7-15-11-12-14-5-6-17(12)8-10(13-3)16-11/h5-6,8-9,13H,4,7H2,1-3H3,(H,15,16). The first-order valence-electron chi connectivity index (χ1n) is 6.11. The zero-order chi connectivity index (χ0) is 13.0. The van der Waals surface area contributed by atoms with Crippen molar-refractivity contribution in [3.05, 3.63) is 18.6 Å². The van der Waals surface area contributed by atoms with E-state index in [0.29, 0.717) is 13.2 Å². The minimum atomic E-state index is 0.144. The normalized spacial score (nSPS) is 12.6. The average Bonchev–Trinajstić information content (AvgIpc) is 2.84. The van der Waals surface area contributed by atoms with Crippen molar-refractivity contribution in [3.8, 4) is 0 Å². The first kappa shape index (κ1) is 12.6. The number of ether oxygens (including phenoxy) is 1. The first-order chi connectivity index (χ1) is 8.74. The monoisotopic (exact) mass is 249 g/mol. The molecule has 98 valence electrons. The van der Waals surface area contributed by atoms with E-state index in [-0.39, 0.29) is 6.10 Å². The molecule has 0 aliphatic rings. The molecular formula is C12H19N5O. The number of fused-ring (bicyclic) bond motifs is 1. The van der Waals surface area contributed by atoms with Gasteiger partial charge in [0.2, 0.25) is 0 Å². The molecule has 2 heterocycles. The minimum Gasteiger partial charge on any atom is -0.377 e. The van der Waals surface area contributed by atoms with E-state index < -0.39 is 0 Å². The zero-order valence-corrected chi connectivity index (χ0v) is 11.0. The van der Waals surface area contributed by atoms with Gasteiger partial charge in [-0.3, -0.25) is 0 Å². The van der Waals surface area contributed by atoms with Crippen molar-refractivity contribution in [1.29, 1.82) is 0 Å². The fraction of sp³-hybridized carbons (Fsp3) is 0.500. The number of imidazole rings is 1. The largest absolute Gasteiger partial charge is 0.377 e. The lowest BCUT2D eigenvalue weighted by Crippen LogP contribution is -2.20. The number of hydrogen-bond acceptors (Lipinski definition) is 5. The van der Waals surface area contributed by atoms with Gasteiger partial charge in [0.05, 0.1) is 12.3 Å². The Kier molecular flexibility index (Phi) is 3.99. The molecule has 0 aliphatic carbocycles. The molecule has 0 aromatic carbocycles. The van der Waals surface area contributed by atoms with Crippen molar-refractivity contribution in [2.75, 3.05) is 30.8 Å². The molecule has 18 heavy (non-hydrogen) atoms. The van der Waals surface area contributed by atoms with Crippen LogP contribution >= 0.6 is 0 Å². The van der Waals surface area contributed by atoms with E-state index in [2.05, 4.69) is 20.6 Å². The lowest BCUT2D eigenvalue weighted by molar-refractivity contribution is 0.0855. The van der Waals surface area contributed by atoms with Gasteiger partial charge in [0.25, 0.3) is 0 Å². The van der Waals surface area contributed by atoms with Crippen LogP contribution < -0.4 is 10.6 Å². The van der Waals surface area contributed by atoms with Crippen LogP contribution in [0.4, 0.5) is 11.6 Å². The molecule has 6 nitrogen and oxygen atoms in total. The van der Waals surface area contributed by atoms with Crippen LogP contribution in [-0.2, 0) is 4.74 Å². The molecule has 2 aromatic rings. The summed E-state index contributed by atoms with van der Waals surface area (Å²) in [7, 11) is 1.84. The summed E-state index contributed by atoms with van der Waals surface area (Å²) in [4.78, 5) is 8.75. The Morgan fingerprint density at radius 2 is 2.33 bits per heavy atom. The molecule has 1 unspecified atom stereocenters. The van der Waals surface area contributed by atoms with Crippen LogP contribution in [0.5, 0.6) is 0 Å². The van der Waals surface area contributed by atoms with Crippen molar-refractivity contribution in [1.82, 2.24) is 14.4 Å². The summed E-state index contributed by atoms with van der Waals surface area (Å²) in [6.07, 6.45) is 5.70. The topological polar surface area (TPSA) is 63.5 Å². The number of nitrogens with zero attached hydrogens (tertiary/aromatic N) is 3. The van der Waals surface area contributed by atoms with Crippen LogP contribution in [-0.4, -0.2) is 40.7 Å². The summed E-state index contributed by atoms with van der Waals surface area (Å²) in [6, 6.07) is 0. The van der Waals surface area contributed by atoms with Crippen LogP contribution in [0.3, 0.4) is 0 Å². The highest BCUT2D eigenvalue weighted by molar-refractivity contribution is 5.65. The van der Waals surface area contributed by atoms with Gasteiger partial charge in [-0.05, 0) is 13.8 Å². The SMILES string of the molecule is CCOC(C)CNc1nc(NC)cn2ccnc12. The van der Waals surface area contributed by atoms with Gasteiger partial charge in [-0.15, -0.1) is 0 Å². The summed E-state index contributed by atoms with van der Waals surface area (Å²) in [6.45, 7) is 5.44. The van der Waals surface area contributed by atoms with Crippen LogP contribution in [0.2, 0.25) is 0 Å². The van der Waals surface area contributed by atoms with Crippen molar-refractivity contribution in [2.24, 2.45) is 0 Å². The van der Waals surface area contributed by atoms with Crippen molar-refractivity contribution < 1.29 is 4.74 Å². The maximum atomic E-state index is 5.48. The summed E-state index contributed by atoms with van der Waals surface area (Å²) >= 11 is 0. The molecule has 2 N–H and O–H groups in total. The number of nitrogens with one attached hydrogen (secondary N) is 2. The molecule has 0 saturated heterocycles. The van der Waals surface area contributed by atoms with Gasteiger partial charge in [-0.1, -0.05) is 0 Å². The molecule has 0 fully saturated rings. The molecule has 0 bridgehead atoms. The highest BCUT2D eigenvalue weighted by Crippen LogP contribution is 2.16. The Bertz CT molecular complexity index is 510. The van der Waals surface area contributed by atoms with E-state index >= 15 is 0 Å². The molecule has 0 radical (unpaired) electrons. The van der Waals surface area contributed by atoms with Gasteiger partial charge in [0, 0.05) is 32.6 Å². The van der Waals surface area contributed by atoms with Crippen molar-refractivity contribution >= 4 is 17.3 Å². The van der Waals surface area contributed by atoms with E-state index in [1.165, 1.54) is 0 Å². The molecule has 0 saturated carbocycles. The van der Waals surface area contributed by atoms with Gasteiger partial charge in [-0.2, -0.15) is 0 Å². The van der Waals surface area contributed by atoms with Crippen molar-refractivity contribution in [2.45, 2.75) is 20.0 Å². The summed E-state index contributed by atoms with van der Waals surface area (Å²) in [5.41, 5.74) is 0.817. The molecular weight excluding hydrogens is 230 g/mol.